The second-order valence-corrected chi connectivity index (χ2v) is 5.40. The highest BCUT2D eigenvalue weighted by atomic mass is 35.5. The molecule has 0 aromatic rings. The van der Waals surface area contributed by atoms with Crippen LogP contribution >= 0.6 is 11.6 Å². The maximum atomic E-state index is 11.4. The van der Waals surface area contributed by atoms with Gasteiger partial charge in [0.2, 0.25) is 0 Å². The average Bonchev–Trinajstić information content (AvgIpc) is 2.31. The molecule has 1 aliphatic rings. The first-order valence-corrected chi connectivity index (χ1v) is 6.53. The summed E-state index contributed by atoms with van der Waals surface area (Å²) in [5.74, 6) is -1.76. The Balaban J connectivity index is 3.36. The molecule has 1 aliphatic carbocycles. The Hall–Kier alpha value is -1.00. The van der Waals surface area contributed by atoms with E-state index in [1.54, 1.807) is 18.2 Å². The fourth-order valence-corrected chi connectivity index (χ4v) is 3.35. The van der Waals surface area contributed by atoms with Gasteiger partial charge in [0.05, 0.1) is 10.8 Å². The number of hydrogen-bond donors (Lipinski definition) is 3. The van der Waals surface area contributed by atoms with Crippen LogP contribution in [0.4, 0.5) is 0 Å². The summed E-state index contributed by atoms with van der Waals surface area (Å²) in [7, 11) is 0. The van der Waals surface area contributed by atoms with E-state index in [9.17, 15) is 9.90 Å². The molecule has 0 heterocycles. The number of alkyl halides is 1. The van der Waals surface area contributed by atoms with Gasteiger partial charge in [-0.05, 0) is 31.5 Å². The van der Waals surface area contributed by atoms with Crippen molar-refractivity contribution in [2.75, 3.05) is 6.54 Å². The number of carboxylic acids is 1. The highest BCUT2D eigenvalue weighted by Gasteiger charge is 2.53. The van der Waals surface area contributed by atoms with Gasteiger partial charge < -0.3 is 16.6 Å². The van der Waals surface area contributed by atoms with Crippen LogP contribution in [0.1, 0.15) is 26.7 Å². The second-order valence-electron chi connectivity index (χ2n) is 4.78. The number of nitrogens with two attached hydrogens (primary N) is 2. The maximum absolute atomic E-state index is 11.4. The predicted octanol–water partition coefficient (Wildman–Crippen LogP) is 1.84. The molecule has 4 nitrogen and oxygen atoms in total. The van der Waals surface area contributed by atoms with E-state index in [2.05, 4.69) is 0 Å². The van der Waals surface area contributed by atoms with Gasteiger partial charge in [-0.15, -0.1) is 11.6 Å². The predicted molar refractivity (Wildman–Crippen MR) is 73.2 cm³/mol. The SMILES string of the molecule is CCC(CC)(CN)C1(Cl)C=C(N)C=CC1C(=O)O. The number of aliphatic carboxylic acids is 1. The lowest BCUT2D eigenvalue weighted by Crippen LogP contribution is -2.54. The van der Waals surface area contributed by atoms with Gasteiger partial charge in [0.25, 0.3) is 0 Å². The molecule has 0 fully saturated rings. The second kappa shape index (κ2) is 5.33. The van der Waals surface area contributed by atoms with Gasteiger partial charge in [0, 0.05) is 11.1 Å². The van der Waals surface area contributed by atoms with Crippen LogP contribution in [-0.4, -0.2) is 22.5 Å². The lowest BCUT2D eigenvalue weighted by atomic mass is 9.63. The molecule has 0 aliphatic heterocycles. The molecular formula is C13H21ClN2O2. The number of halogens is 1. The molecule has 18 heavy (non-hydrogen) atoms. The van der Waals surface area contributed by atoms with E-state index in [0.717, 1.165) is 0 Å². The molecule has 102 valence electrons. The maximum Gasteiger partial charge on any atom is 0.312 e. The molecule has 1 rings (SSSR count). The Morgan fingerprint density at radius 1 is 1.56 bits per heavy atom. The summed E-state index contributed by atoms with van der Waals surface area (Å²) in [5, 5.41) is 9.36. The summed E-state index contributed by atoms with van der Waals surface area (Å²) in [6.45, 7) is 4.27. The molecule has 0 saturated heterocycles. The first-order chi connectivity index (χ1) is 8.36. The average molecular weight is 273 g/mol. The molecule has 2 unspecified atom stereocenters. The number of carboxylic acid groups (broad SMARTS) is 1. The Morgan fingerprint density at radius 2 is 2.11 bits per heavy atom. The van der Waals surface area contributed by atoms with Crippen molar-refractivity contribution in [3.8, 4) is 0 Å². The van der Waals surface area contributed by atoms with E-state index in [1.807, 2.05) is 13.8 Å². The minimum absolute atomic E-state index is 0.324. The van der Waals surface area contributed by atoms with E-state index in [1.165, 1.54) is 0 Å². The fraction of sp³-hybridized carbons (Fsp3) is 0.615. The molecular weight excluding hydrogens is 252 g/mol. The molecule has 0 amide bonds. The van der Waals surface area contributed by atoms with Crippen LogP contribution in [0, 0.1) is 11.3 Å². The van der Waals surface area contributed by atoms with Crippen molar-refractivity contribution in [3.63, 3.8) is 0 Å². The Labute approximate surface area is 113 Å². The summed E-state index contributed by atoms with van der Waals surface area (Å²) in [5.41, 5.74) is 11.7. The Bertz CT molecular complexity index is 380. The van der Waals surface area contributed by atoms with E-state index in [4.69, 9.17) is 23.1 Å². The lowest BCUT2D eigenvalue weighted by molar-refractivity contribution is -0.142. The summed E-state index contributed by atoms with van der Waals surface area (Å²) in [4.78, 5) is 10.4. The summed E-state index contributed by atoms with van der Waals surface area (Å²) in [6, 6.07) is 0. The van der Waals surface area contributed by atoms with Crippen LogP contribution < -0.4 is 11.5 Å². The van der Waals surface area contributed by atoms with Gasteiger partial charge >= 0.3 is 5.97 Å². The number of allylic oxidation sites excluding steroid dienone is 2. The Morgan fingerprint density at radius 3 is 2.50 bits per heavy atom. The smallest absolute Gasteiger partial charge is 0.312 e. The summed E-state index contributed by atoms with van der Waals surface area (Å²) >= 11 is 6.69. The van der Waals surface area contributed by atoms with Crippen molar-refractivity contribution >= 4 is 17.6 Å². The van der Waals surface area contributed by atoms with Gasteiger partial charge in [-0.1, -0.05) is 19.9 Å². The van der Waals surface area contributed by atoms with E-state index in [0.29, 0.717) is 25.1 Å². The van der Waals surface area contributed by atoms with Crippen molar-refractivity contribution in [1.29, 1.82) is 0 Å². The fourth-order valence-electron chi connectivity index (χ4n) is 2.71. The van der Waals surface area contributed by atoms with Crippen molar-refractivity contribution in [3.05, 3.63) is 23.9 Å². The third-order valence-corrected chi connectivity index (χ3v) is 4.88. The normalized spacial score (nSPS) is 28.0. The number of hydrogen-bond acceptors (Lipinski definition) is 3. The highest BCUT2D eigenvalue weighted by Crippen LogP contribution is 2.50. The molecule has 0 radical (unpaired) electrons. The van der Waals surface area contributed by atoms with Crippen molar-refractivity contribution < 1.29 is 9.90 Å². The molecule has 0 spiro atoms. The number of carbonyl (C=O) groups is 1. The molecule has 5 N–H and O–H groups in total. The van der Waals surface area contributed by atoms with E-state index >= 15 is 0 Å². The van der Waals surface area contributed by atoms with Gasteiger partial charge in [0.1, 0.15) is 0 Å². The molecule has 2 atom stereocenters. The van der Waals surface area contributed by atoms with Gasteiger partial charge in [-0.25, -0.2) is 0 Å². The highest BCUT2D eigenvalue weighted by molar-refractivity contribution is 6.27. The zero-order valence-electron chi connectivity index (χ0n) is 10.8. The van der Waals surface area contributed by atoms with Crippen molar-refractivity contribution in [2.24, 2.45) is 22.8 Å². The molecule has 5 heteroatoms. The quantitative estimate of drug-likeness (QED) is 0.666. The zero-order valence-corrected chi connectivity index (χ0v) is 11.6. The molecule has 0 bridgehead atoms. The van der Waals surface area contributed by atoms with E-state index < -0.39 is 22.2 Å². The zero-order chi connectivity index (χ0) is 14.0. The van der Waals surface area contributed by atoms with Crippen LogP contribution in [0.25, 0.3) is 0 Å². The van der Waals surface area contributed by atoms with Crippen LogP contribution in [0.3, 0.4) is 0 Å². The molecule has 0 saturated carbocycles. The molecule has 0 aromatic heterocycles. The van der Waals surface area contributed by atoms with Gasteiger partial charge in [0.15, 0.2) is 0 Å². The van der Waals surface area contributed by atoms with Crippen molar-refractivity contribution in [2.45, 2.75) is 31.6 Å². The molecule has 0 aromatic carbocycles. The van der Waals surface area contributed by atoms with Crippen LogP contribution in [-0.2, 0) is 4.79 Å². The third kappa shape index (κ3) is 2.15. The van der Waals surface area contributed by atoms with Crippen molar-refractivity contribution in [1.82, 2.24) is 0 Å². The summed E-state index contributed by atoms with van der Waals surface area (Å²) < 4.78 is 0. The van der Waals surface area contributed by atoms with Crippen LogP contribution in [0.15, 0.2) is 23.9 Å². The van der Waals surface area contributed by atoms with Crippen LogP contribution in [0.2, 0.25) is 0 Å². The largest absolute Gasteiger partial charge is 0.481 e. The van der Waals surface area contributed by atoms with Gasteiger partial charge in [-0.3, -0.25) is 4.79 Å². The Kier molecular flexibility index (Phi) is 4.46. The standard InChI is InChI=1S/C13H21ClN2O2/c1-3-12(4-2,8-15)13(14)7-9(16)5-6-10(13)11(17)18/h5-7,10H,3-4,8,15-16H2,1-2H3,(H,17,18). The minimum atomic E-state index is -1.07. The third-order valence-electron chi connectivity index (χ3n) is 4.13. The first kappa shape index (κ1) is 15.1. The van der Waals surface area contributed by atoms with Gasteiger partial charge in [-0.2, -0.15) is 0 Å². The minimum Gasteiger partial charge on any atom is -0.481 e. The van der Waals surface area contributed by atoms with E-state index in [-0.39, 0.29) is 0 Å². The first-order valence-electron chi connectivity index (χ1n) is 6.15. The monoisotopic (exact) mass is 272 g/mol. The summed E-state index contributed by atoms with van der Waals surface area (Å²) in [6.07, 6.45) is 6.19. The lowest BCUT2D eigenvalue weighted by Gasteiger charge is -2.47. The topological polar surface area (TPSA) is 89.3 Å². The van der Waals surface area contributed by atoms with Crippen LogP contribution in [0.5, 0.6) is 0 Å². The number of rotatable bonds is 5.